The number of ether oxygens (including phenoxy) is 1. The molecule has 0 aliphatic carbocycles. The first-order valence-electron chi connectivity index (χ1n) is 6.13. The molecular formula is C14H18FNO2. The molecule has 18 heavy (non-hydrogen) atoms. The van der Waals surface area contributed by atoms with Gasteiger partial charge in [-0.2, -0.15) is 0 Å². The zero-order valence-corrected chi connectivity index (χ0v) is 11.0. The highest BCUT2D eigenvalue weighted by molar-refractivity contribution is 5.92. The average molecular weight is 251 g/mol. The van der Waals surface area contributed by atoms with Gasteiger partial charge < -0.3 is 10.1 Å². The molecule has 0 bridgehead atoms. The van der Waals surface area contributed by atoms with Crippen molar-refractivity contribution in [3.05, 3.63) is 34.6 Å². The maximum Gasteiger partial charge on any atom is 0.341 e. The van der Waals surface area contributed by atoms with Gasteiger partial charge in [0, 0.05) is 6.54 Å². The summed E-state index contributed by atoms with van der Waals surface area (Å²) in [5.41, 5.74) is 1.22. The van der Waals surface area contributed by atoms with Gasteiger partial charge in [0.1, 0.15) is 17.0 Å². The molecule has 0 saturated heterocycles. The predicted octanol–water partition coefficient (Wildman–Crippen LogP) is 2.43. The van der Waals surface area contributed by atoms with Crippen molar-refractivity contribution in [3.8, 4) is 0 Å². The van der Waals surface area contributed by atoms with Crippen LogP contribution in [0.15, 0.2) is 12.1 Å². The minimum absolute atomic E-state index is 0.0784. The second-order valence-corrected chi connectivity index (χ2v) is 5.49. The van der Waals surface area contributed by atoms with Crippen molar-refractivity contribution < 1.29 is 13.9 Å². The van der Waals surface area contributed by atoms with Crippen molar-refractivity contribution in [3.63, 3.8) is 0 Å². The Balaban J connectivity index is 2.40. The number of nitrogens with one attached hydrogen (secondary N) is 1. The molecule has 1 heterocycles. The lowest BCUT2D eigenvalue weighted by atomic mass is 9.95. The number of hydrogen-bond acceptors (Lipinski definition) is 3. The Morgan fingerprint density at radius 2 is 2.11 bits per heavy atom. The molecule has 0 saturated carbocycles. The molecule has 0 unspecified atom stereocenters. The molecule has 0 amide bonds. The smallest absolute Gasteiger partial charge is 0.341 e. The van der Waals surface area contributed by atoms with Crippen LogP contribution in [-0.2, 0) is 17.7 Å². The summed E-state index contributed by atoms with van der Waals surface area (Å²) < 4.78 is 19.1. The van der Waals surface area contributed by atoms with Crippen molar-refractivity contribution in [2.24, 2.45) is 0 Å². The Kier molecular flexibility index (Phi) is 3.39. The third kappa shape index (κ3) is 2.70. The molecular weight excluding hydrogens is 233 g/mol. The summed E-state index contributed by atoms with van der Waals surface area (Å²) in [6, 6.07) is 3.10. The Morgan fingerprint density at radius 1 is 1.39 bits per heavy atom. The lowest BCUT2D eigenvalue weighted by molar-refractivity contribution is 0.00630. The van der Waals surface area contributed by atoms with Gasteiger partial charge in [0.15, 0.2) is 0 Å². The van der Waals surface area contributed by atoms with Crippen LogP contribution in [0.4, 0.5) is 4.39 Å². The van der Waals surface area contributed by atoms with E-state index in [1.54, 1.807) is 26.8 Å². The molecule has 2 rings (SSSR count). The highest BCUT2D eigenvalue weighted by Gasteiger charge is 2.26. The first-order valence-corrected chi connectivity index (χ1v) is 6.13. The first kappa shape index (κ1) is 13.0. The van der Waals surface area contributed by atoms with Gasteiger partial charge in [0.2, 0.25) is 0 Å². The van der Waals surface area contributed by atoms with Crippen molar-refractivity contribution in [1.29, 1.82) is 0 Å². The number of rotatable bonds is 1. The van der Waals surface area contributed by atoms with Gasteiger partial charge in [-0.05, 0) is 50.9 Å². The number of esters is 1. The van der Waals surface area contributed by atoms with Crippen molar-refractivity contribution >= 4 is 5.97 Å². The second-order valence-electron chi connectivity index (χ2n) is 5.49. The minimum Gasteiger partial charge on any atom is -0.456 e. The van der Waals surface area contributed by atoms with E-state index in [9.17, 15) is 9.18 Å². The number of benzene rings is 1. The Labute approximate surface area is 106 Å². The van der Waals surface area contributed by atoms with Gasteiger partial charge >= 0.3 is 5.97 Å². The van der Waals surface area contributed by atoms with Crippen LogP contribution in [-0.4, -0.2) is 18.1 Å². The number of halogens is 1. The first-order chi connectivity index (χ1) is 8.38. The molecule has 1 aromatic rings. The van der Waals surface area contributed by atoms with Gasteiger partial charge in [0.05, 0.1) is 0 Å². The normalized spacial score (nSPS) is 15.1. The Hall–Kier alpha value is -1.42. The van der Waals surface area contributed by atoms with E-state index in [-0.39, 0.29) is 5.56 Å². The van der Waals surface area contributed by atoms with Crippen LogP contribution in [0.2, 0.25) is 0 Å². The van der Waals surface area contributed by atoms with Gasteiger partial charge in [0.25, 0.3) is 0 Å². The standard InChI is InChI=1S/C14H18FNO2/c1-14(2,3)18-13(17)12-10-8-16-7-6-9(10)4-5-11(12)15/h4-5,16H,6-8H2,1-3H3. The molecule has 1 aromatic carbocycles. The van der Waals surface area contributed by atoms with E-state index in [2.05, 4.69) is 5.32 Å². The fourth-order valence-electron chi connectivity index (χ4n) is 2.08. The molecule has 3 nitrogen and oxygen atoms in total. The quantitative estimate of drug-likeness (QED) is 0.779. The maximum absolute atomic E-state index is 13.9. The van der Waals surface area contributed by atoms with E-state index < -0.39 is 17.4 Å². The largest absolute Gasteiger partial charge is 0.456 e. The summed E-state index contributed by atoms with van der Waals surface area (Å²) in [6.07, 6.45) is 0.811. The van der Waals surface area contributed by atoms with Crippen molar-refractivity contribution in [1.82, 2.24) is 5.32 Å². The molecule has 98 valence electrons. The second kappa shape index (κ2) is 4.69. The summed E-state index contributed by atoms with van der Waals surface area (Å²) in [4.78, 5) is 12.1. The van der Waals surface area contributed by atoms with E-state index in [0.29, 0.717) is 6.54 Å². The lowest BCUT2D eigenvalue weighted by Gasteiger charge is -2.23. The van der Waals surface area contributed by atoms with Crippen molar-refractivity contribution in [2.45, 2.75) is 39.3 Å². The van der Waals surface area contributed by atoms with Crippen LogP contribution in [0.25, 0.3) is 0 Å². The van der Waals surface area contributed by atoms with Gasteiger partial charge in [-0.15, -0.1) is 0 Å². The molecule has 0 radical (unpaired) electrons. The van der Waals surface area contributed by atoms with Crippen LogP contribution in [0.1, 0.15) is 42.3 Å². The number of fused-ring (bicyclic) bond motifs is 1. The highest BCUT2D eigenvalue weighted by Crippen LogP contribution is 2.24. The number of carbonyl (C=O) groups is 1. The van der Waals surface area contributed by atoms with Crippen molar-refractivity contribution in [2.75, 3.05) is 6.54 Å². The molecule has 0 fully saturated rings. The highest BCUT2D eigenvalue weighted by atomic mass is 19.1. The summed E-state index contributed by atoms with van der Waals surface area (Å²) >= 11 is 0. The summed E-state index contributed by atoms with van der Waals surface area (Å²) in [6.45, 7) is 6.69. The van der Waals surface area contributed by atoms with E-state index >= 15 is 0 Å². The fraction of sp³-hybridized carbons (Fsp3) is 0.500. The summed E-state index contributed by atoms with van der Waals surface area (Å²) in [5.74, 6) is -1.09. The summed E-state index contributed by atoms with van der Waals surface area (Å²) in [5, 5.41) is 3.15. The van der Waals surface area contributed by atoms with Crippen LogP contribution < -0.4 is 5.32 Å². The third-order valence-corrected chi connectivity index (χ3v) is 2.83. The Bertz CT molecular complexity index is 477. The van der Waals surface area contributed by atoms with Crippen LogP contribution >= 0.6 is 0 Å². The van der Waals surface area contributed by atoms with E-state index in [4.69, 9.17) is 4.74 Å². The monoisotopic (exact) mass is 251 g/mol. The fourth-order valence-corrected chi connectivity index (χ4v) is 2.08. The Morgan fingerprint density at radius 3 is 2.78 bits per heavy atom. The van der Waals surface area contributed by atoms with Crippen LogP contribution in [0.3, 0.4) is 0 Å². The van der Waals surface area contributed by atoms with Gasteiger partial charge in [-0.25, -0.2) is 9.18 Å². The maximum atomic E-state index is 13.9. The zero-order valence-electron chi connectivity index (χ0n) is 11.0. The van der Waals surface area contributed by atoms with Crippen LogP contribution in [0, 0.1) is 5.82 Å². The molecule has 0 atom stereocenters. The molecule has 1 N–H and O–H groups in total. The SMILES string of the molecule is CC(C)(C)OC(=O)c1c(F)ccc2c1CNCC2. The topological polar surface area (TPSA) is 38.3 Å². The molecule has 4 heteroatoms. The van der Waals surface area contributed by atoms with E-state index in [0.717, 1.165) is 24.1 Å². The van der Waals surface area contributed by atoms with E-state index in [1.165, 1.54) is 6.07 Å². The van der Waals surface area contributed by atoms with Gasteiger partial charge in [-0.3, -0.25) is 0 Å². The minimum atomic E-state index is -0.617. The van der Waals surface area contributed by atoms with E-state index in [1.807, 2.05) is 0 Å². The van der Waals surface area contributed by atoms with Crippen LogP contribution in [0.5, 0.6) is 0 Å². The molecule has 0 aromatic heterocycles. The lowest BCUT2D eigenvalue weighted by Crippen LogP contribution is -2.29. The predicted molar refractivity (Wildman–Crippen MR) is 67.0 cm³/mol. The third-order valence-electron chi connectivity index (χ3n) is 2.83. The molecule has 1 aliphatic rings. The number of carbonyl (C=O) groups excluding carboxylic acids is 1. The van der Waals surface area contributed by atoms with Gasteiger partial charge in [-0.1, -0.05) is 6.07 Å². The summed E-state index contributed by atoms with van der Waals surface area (Å²) in [7, 11) is 0. The average Bonchev–Trinajstić information content (AvgIpc) is 2.26. The zero-order chi connectivity index (χ0) is 13.3. The molecule has 1 aliphatic heterocycles. The number of hydrogen-bond donors (Lipinski definition) is 1. The molecule has 0 spiro atoms.